The van der Waals surface area contributed by atoms with Crippen molar-refractivity contribution in [3.05, 3.63) is 64.4 Å². The first kappa shape index (κ1) is 12.1. The second-order valence-corrected chi connectivity index (χ2v) is 4.60. The van der Waals surface area contributed by atoms with Gasteiger partial charge in [-0.05, 0) is 24.3 Å². The maximum atomic E-state index is 13.7. The fourth-order valence-electron chi connectivity index (χ4n) is 2.00. The molecule has 2 aromatic carbocycles. The van der Waals surface area contributed by atoms with Gasteiger partial charge < -0.3 is 4.98 Å². The van der Waals surface area contributed by atoms with Gasteiger partial charge in [0.1, 0.15) is 17.2 Å². The summed E-state index contributed by atoms with van der Waals surface area (Å²) in [4.78, 5) is 7.10. The Morgan fingerprint density at radius 2 is 1.79 bits per heavy atom. The molecule has 0 aliphatic heterocycles. The van der Waals surface area contributed by atoms with Gasteiger partial charge >= 0.3 is 0 Å². The van der Waals surface area contributed by atoms with Crippen LogP contribution in [0.25, 0.3) is 11.0 Å². The zero-order valence-electron chi connectivity index (χ0n) is 9.75. The number of fused-ring (bicyclic) bond motifs is 1. The predicted molar refractivity (Wildman–Crippen MR) is 70.3 cm³/mol. The summed E-state index contributed by atoms with van der Waals surface area (Å²) in [6, 6.07) is 9.14. The first-order valence-electron chi connectivity index (χ1n) is 5.71. The van der Waals surface area contributed by atoms with Gasteiger partial charge in [0, 0.05) is 17.0 Å². The van der Waals surface area contributed by atoms with E-state index in [-0.39, 0.29) is 11.9 Å². The smallest absolute Gasteiger partial charge is 0.151 e. The van der Waals surface area contributed by atoms with Gasteiger partial charge in [0.15, 0.2) is 5.82 Å². The minimum atomic E-state index is -0.403. The van der Waals surface area contributed by atoms with Crippen molar-refractivity contribution in [3.63, 3.8) is 0 Å². The van der Waals surface area contributed by atoms with Crippen molar-refractivity contribution >= 4 is 22.6 Å². The molecule has 3 rings (SSSR count). The van der Waals surface area contributed by atoms with Crippen LogP contribution in [0.1, 0.15) is 11.4 Å². The summed E-state index contributed by atoms with van der Waals surface area (Å²) in [6.07, 6.45) is 0.194. The van der Waals surface area contributed by atoms with E-state index in [1.54, 1.807) is 24.3 Å². The zero-order valence-corrected chi connectivity index (χ0v) is 10.5. The summed E-state index contributed by atoms with van der Waals surface area (Å²) in [5, 5.41) is 0.334. The fraction of sp³-hybridized carbons (Fsp3) is 0.0714. The third kappa shape index (κ3) is 2.19. The lowest BCUT2D eigenvalue weighted by atomic mass is 10.1. The second-order valence-electron chi connectivity index (χ2n) is 4.20. The van der Waals surface area contributed by atoms with Gasteiger partial charge in [0.2, 0.25) is 0 Å². The van der Waals surface area contributed by atoms with E-state index in [1.165, 1.54) is 12.1 Å². The molecule has 0 atom stereocenters. The molecule has 96 valence electrons. The topological polar surface area (TPSA) is 28.7 Å². The summed E-state index contributed by atoms with van der Waals surface area (Å²) >= 11 is 5.95. The van der Waals surface area contributed by atoms with Crippen molar-refractivity contribution in [2.75, 3.05) is 0 Å². The minimum absolute atomic E-state index is 0.194. The number of aromatic nitrogens is 2. The highest BCUT2D eigenvalue weighted by molar-refractivity contribution is 6.31. The number of H-pyrrole nitrogens is 1. The number of hydrogen-bond acceptors (Lipinski definition) is 1. The van der Waals surface area contributed by atoms with Crippen molar-refractivity contribution in [2.24, 2.45) is 0 Å². The molecule has 0 unspecified atom stereocenters. The molecule has 0 radical (unpaired) electrons. The molecule has 0 spiro atoms. The lowest BCUT2D eigenvalue weighted by Gasteiger charge is -2.03. The number of benzene rings is 2. The second kappa shape index (κ2) is 4.63. The van der Waals surface area contributed by atoms with E-state index < -0.39 is 11.6 Å². The molecule has 0 saturated carbocycles. The molecule has 2 nitrogen and oxygen atoms in total. The number of aromatic amines is 1. The minimum Gasteiger partial charge on any atom is -0.342 e. The Bertz CT molecular complexity index is 732. The number of para-hydroxylation sites is 1. The fourth-order valence-corrected chi connectivity index (χ4v) is 2.23. The highest BCUT2D eigenvalue weighted by Gasteiger charge is 2.12. The number of rotatable bonds is 2. The summed E-state index contributed by atoms with van der Waals surface area (Å²) in [6.45, 7) is 0. The monoisotopic (exact) mass is 278 g/mol. The summed E-state index contributed by atoms with van der Waals surface area (Å²) in [7, 11) is 0. The molecule has 0 bridgehead atoms. The molecule has 1 aromatic heterocycles. The third-order valence-electron chi connectivity index (χ3n) is 2.92. The SMILES string of the molecule is Fc1cccc(Cl)c1Cc1nc2c(F)cccc2[nH]1. The normalized spacial score (nSPS) is 11.1. The molecule has 5 heteroatoms. The Morgan fingerprint density at radius 3 is 2.53 bits per heavy atom. The van der Waals surface area contributed by atoms with Crippen LogP contribution in [0.2, 0.25) is 5.02 Å². The largest absolute Gasteiger partial charge is 0.342 e. The Labute approximate surface area is 113 Å². The standard InChI is InChI=1S/C14H9ClF2N2/c15-9-3-1-4-10(16)8(9)7-13-18-12-6-2-5-11(17)14(12)19-13/h1-6H,7H2,(H,18,19). The van der Waals surface area contributed by atoms with Gasteiger partial charge in [-0.1, -0.05) is 23.7 Å². The Hall–Kier alpha value is -1.94. The third-order valence-corrected chi connectivity index (χ3v) is 3.27. The van der Waals surface area contributed by atoms with Gasteiger partial charge in [0.05, 0.1) is 5.52 Å². The highest BCUT2D eigenvalue weighted by atomic mass is 35.5. The number of imidazole rings is 1. The van der Waals surface area contributed by atoms with Crippen molar-refractivity contribution in [1.29, 1.82) is 0 Å². The Morgan fingerprint density at radius 1 is 1.05 bits per heavy atom. The van der Waals surface area contributed by atoms with Crippen molar-refractivity contribution in [3.8, 4) is 0 Å². The molecule has 1 heterocycles. The molecular weight excluding hydrogens is 270 g/mol. The van der Waals surface area contributed by atoms with E-state index in [0.29, 0.717) is 21.9 Å². The van der Waals surface area contributed by atoms with Crippen LogP contribution in [0.15, 0.2) is 36.4 Å². The molecular formula is C14H9ClF2N2. The Balaban J connectivity index is 2.04. The van der Waals surface area contributed by atoms with Gasteiger partial charge in [-0.3, -0.25) is 0 Å². The van der Waals surface area contributed by atoms with Gasteiger partial charge in [-0.25, -0.2) is 13.8 Å². The summed E-state index contributed by atoms with van der Waals surface area (Å²) in [5.41, 5.74) is 1.19. The highest BCUT2D eigenvalue weighted by Crippen LogP contribution is 2.23. The van der Waals surface area contributed by atoms with E-state index in [0.717, 1.165) is 0 Å². The predicted octanol–water partition coefficient (Wildman–Crippen LogP) is 4.09. The van der Waals surface area contributed by atoms with E-state index in [2.05, 4.69) is 9.97 Å². The molecule has 0 aliphatic carbocycles. The summed E-state index contributed by atoms with van der Waals surface area (Å²) in [5.74, 6) is -0.319. The van der Waals surface area contributed by atoms with Gasteiger partial charge in [-0.2, -0.15) is 0 Å². The average Bonchev–Trinajstić information content (AvgIpc) is 2.78. The Kier molecular flexibility index (Phi) is 2.95. The molecule has 0 saturated heterocycles. The molecule has 19 heavy (non-hydrogen) atoms. The van der Waals surface area contributed by atoms with Crippen LogP contribution < -0.4 is 0 Å². The van der Waals surface area contributed by atoms with Crippen LogP contribution in [0, 0.1) is 11.6 Å². The molecule has 0 amide bonds. The van der Waals surface area contributed by atoms with Gasteiger partial charge in [0.25, 0.3) is 0 Å². The van der Waals surface area contributed by atoms with Crippen LogP contribution in [0.5, 0.6) is 0 Å². The number of halogens is 3. The molecule has 1 N–H and O–H groups in total. The van der Waals surface area contributed by atoms with Crippen molar-refractivity contribution < 1.29 is 8.78 Å². The van der Waals surface area contributed by atoms with Crippen LogP contribution in [-0.4, -0.2) is 9.97 Å². The van der Waals surface area contributed by atoms with E-state index in [9.17, 15) is 8.78 Å². The first-order valence-corrected chi connectivity index (χ1v) is 6.09. The van der Waals surface area contributed by atoms with Crippen LogP contribution in [0.3, 0.4) is 0 Å². The lowest BCUT2D eigenvalue weighted by Crippen LogP contribution is -1.95. The van der Waals surface area contributed by atoms with E-state index in [1.807, 2.05) is 0 Å². The van der Waals surface area contributed by atoms with E-state index in [4.69, 9.17) is 11.6 Å². The van der Waals surface area contributed by atoms with Crippen molar-refractivity contribution in [1.82, 2.24) is 9.97 Å². The zero-order chi connectivity index (χ0) is 13.4. The van der Waals surface area contributed by atoms with E-state index >= 15 is 0 Å². The summed E-state index contributed by atoms with van der Waals surface area (Å²) < 4.78 is 27.2. The molecule has 3 aromatic rings. The number of hydrogen-bond donors (Lipinski definition) is 1. The van der Waals surface area contributed by atoms with Gasteiger partial charge in [-0.15, -0.1) is 0 Å². The van der Waals surface area contributed by atoms with Crippen LogP contribution in [-0.2, 0) is 6.42 Å². The number of nitrogens with zero attached hydrogens (tertiary/aromatic N) is 1. The maximum absolute atomic E-state index is 13.7. The van der Waals surface area contributed by atoms with Crippen molar-refractivity contribution in [2.45, 2.75) is 6.42 Å². The van der Waals surface area contributed by atoms with Crippen LogP contribution >= 0.6 is 11.6 Å². The maximum Gasteiger partial charge on any atom is 0.151 e. The lowest BCUT2D eigenvalue weighted by molar-refractivity contribution is 0.612. The molecule has 0 fully saturated rings. The first-order chi connectivity index (χ1) is 9.15. The average molecular weight is 279 g/mol. The quantitative estimate of drug-likeness (QED) is 0.751. The number of nitrogens with one attached hydrogen (secondary N) is 1. The molecule has 0 aliphatic rings. The van der Waals surface area contributed by atoms with Crippen LogP contribution in [0.4, 0.5) is 8.78 Å².